The third-order valence-corrected chi connectivity index (χ3v) is 3.18. The summed E-state index contributed by atoms with van der Waals surface area (Å²) in [6.45, 7) is 2.88. The molecular formula is C11H14O4S. The van der Waals surface area contributed by atoms with Crippen molar-refractivity contribution in [1.29, 1.82) is 0 Å². The Kier molecular flexibility index (Phi) is 4.06. The van der Waals surface area contributed by atoms with Gasteiger partial charge in [-0.05, 0) is 26.0 Å². The Morgan fingerprint density at radius 2 is 1.81 bits per heavy atom. The van der Waals surface area contributed by atoms with Crippen LogP contribution < -0.4 is 0 Å². The second-order valence-corrected chi connectivity index (χ2v) is 5.74. The fourth-order valence-corrected chi connectivity index (χ4v) is 1.12. The Labute approximate surface area is 96.2 Å². The maximum Gasteiger partial charge on any atom is 0.338 e. The lowest BCUT2D eigenvalue weighted by Gasteiger charge is -2.16. The normalized spacial score (nSPS) is 11.4. The van der Waals surface area contributed by atoms with Gasteiger partial charge in [-0.3, -0.25) is 0 Å². The zero-order chi connectivity index (χ0) is 12.2. The predicted molar refractivity (Wildman–Crippen MR) is 61.1 cm³/mol. The summed E-state index contributed by atoms with van der Waals surface area (Å²) < 4.78 is 25.5. The highest BCUT2D eigenvalue weighted by Gasteiger charge is 2.24. The lowest BCUT2D eigenvalue weighted by atomic mass is 10.2. The number of ether oxygens (including phenoxy) is 1. The van der Waals surface area contributed by atoms with Crippen LogP contribution in [-0.2, 0) is 15.4 Å². The molecule has 4 nitrogen and oxygen atoms in total. The van der Waals surface area contributed by atoms with Gasteiger partial charge in [-0.2, -0.15) is 0 Å². The molecule has 0 fully saturated rings. The largest absolute Gasteiger partial charge is 0.460 e. The van der Waals surface area contributed by atoms with E-state index in [4.69, 9.17) is 4.74 Å². The summed E-state index contributed by atoms with van der Waals surface area (Å²) in [6, 6.07) is 8.46. The summed E-state index contributed by atoms with van der Waals surface area (Å²) in [4.78, 5) is 11.5. The number of thiol groups is 1. The quantitative estimate of drug-likeness (QED) is 0.637. The molecule has 0 aromatic heterocycles. The van der Waals surface area contributed by atoms with Crippen LogP contribution in [0, 0.1) is 0 Å². The molecule has 0 aliphatic heterocycles. The second kappa shape index (κ2) is 5.12. The van der Waals surface area contributed by atoms with Crippen LogP contribution in [-0.4, -0.2) is 25.7 Å². The smallest absolute Gasteiger partial charge is 0.338 e. The van der Waals surface area contributed by atoms with Crippen molar-refractivity contribution in [3.63, 3.8) is 0 Å². The summed E-state index contributed by atoms with van der Waals surface area (Å²) in [5.74, 6) is -0.509. The standard InChI is InChI=1S/C11H14O4S/c1-11(2,16(13)14)8-15-10(12)9-6-4-3-5-7-9/h3-7,16H,8H2,1-2H3. The molecule has 1 rings (SSSR count). The van der Waals surface area contributed by atoms with E-state index in [2.05, 4.69) is 0 Å². The third-order valence-electron chi connectivity index (χ3n) is 2.06. The highest BCUT2D eigenvalue weighted by Crippen LogP contribution is 2.10. The average Bonchev–Trinajstić information content (AvgIpc) is 2.27. The van der Waals surface area contributed by atoms with Crippen LogP contribution in [0.25, 0.3) is 0 Å². The molecule has 0 amide bonds. The first kappa shape index (κ1) is 12.7. The molecule has 1 aromatic carbocycles. The van der Waals surface area contributed by atoms with Crippen LogP contribution in [0.2, 0.25) is 0 Å². The first-order valence-electron chi connectivity index (χ1n) is 4.80. The molecule has 5 heteroatoms. The number of hydrogen-bond acceptors (Lipinski definition) is 4. The van der Waals surface area contributed by atoms with Crippen LogP contribution in [0.15, 0.2) is 30.3 Å². The van der Waals surface area contributed by atoms with E-state index >= 15 is 0 Å². The van der Waals surface area contributed by atoms with Gasteiger partial charge in [0, 0.05) is 0 Å². The molecule has 0 heterocycles. The van der Waals surface area contributed by atoms with E-state index in [-0.39, 0.29) is 6.61 Å². The topological polar surface area (TPSA) is 60.4 Å². The van der Waals surface area contributed by atoms with Gasteiger partial charge in [0.1, 0.15) is 17.3 Å². The van der Waals surface area contributed by atoms with Crippen LogP contribution in [0.1, 0.15) is 24.2 Å². The van der Waals surface area contributed by atoms with Crippen molar-refractivity contribution >= 4 is 16.7 Å². The summed E-state index contributed by atoms with van der Waals surface area (Å²) in [7, 11) is -2.62. The van der Waals surface area contributed by atoms with Gasteiger partial charge in [0.25, 0.3) is 0 Å². The number of hydrogen-bond donors (Lipinski definition) is 1. The Morgan fingerprint density at radius 3 is 2.31 bits per heavy atom. The van der Waals surface area contributed by atoms with Gasteiger partial charge in [0.15, 0.2) is 0 Å². The van der Waals surface area contributed by atoms with Crippen molar-refractivity contribution in [3.8, 4) is 0 Å². The molecule has 1 aromatic rings. The number of esters is 1. The average molecular weight is 242 g/mol. The van der Waals surface area contributed by atoms with Gasteiger partial charge in [-0.25, -0.2) is 13.2 Å². The fraction of sp³-hybridized carbons (Fsp3) is 0.364. The molecule has 88 valence electrons. The van der Waals surface area contributed by atoms with Gasteiger partial charge in [-0.1, -0.05) is 18.2 Å². The van der Waals surface area contributed by atoms with Crippen molar-refractivity contribution in [2.45, 2.75) is 18.6 Å². The molecule has 0 N–H and O–H groups in total. The minimum Gasteiger partial charge on any atom is -0.460 e. The molecule has 0 saturated carbocycles. The van der Waals surface area contributed by atoms with E-state index in [0.717, 1.165) is 0 Å². The Bertz CT molecular complexity index is 427. The van der Waals surface area contributed by atoms with Gasteiger partial charge < -0.3 is 4.74 Å². The van der Waals surface area contributed by atoms with Crippen molar-refractivity contribution in [3.05, 3.63) is 35.9 Å². The van der Waals surface area contributed by atoms with Crippen molar-refractivity contribution in [1.82, 2.24) is 0 Å². The van der Waals surface area contributed by atoms with E-state index in [0.29, 0.717) is 5.56 Å². The molecule has 16 heavy (non-hydrogen) atoms. The van der Waals surface area contributed by atoms with Crippen LogP contribution in [0.4, 0.5) is 0 Å². The zero-order valence-electron chi connectivity index (χ0n) is 9.17. The molecule has 0 saturated heterocycles. The van der Waals surface area contributed by atoms with Crippen molar-refractivity contribution in [2.75, 3.05) is 6.61 Å². The van der Waals surface area contributed by atoms with Crippen LogP contribution in [0.5, 0.6) is 0 Å². The van der Waals surface area contributed by atoms with Gasteiger partial charge in [0.2, 0.25) is 0 Å². The molecule has 0 radical (unpaired) electrons. The molecular weight excluding hydrogens is 228 g/mol. The van der Waals surface area contributed by atoms with E-state index in [1.165, 1.54) is 13.8 Å². The van der Waals surface area contributed by atoms with Crippen LogP contribution >= 0.6 is 0 Å². The summed E-state index contributed by atoms with van der Waals surface area (Å²) in [6.07, 6.45) is 0. The summed E-state index contributed by atoms with van der Waals surface area (Å²) in [5, 5.41) is 0. The second-order valence-electron chi connectivity index (χ2n) is 4.01. The predicted octanol–water partition coefficient (Wildman–Crippen LogP) is 1.23. The van der Waals surface area contributed by atoms with E-state index in [9.17, 15) is 13.2 Å². The Hall–Kier alpha value is -1.36. The fourth-order valence-electron chi connectivity index (χ4n) is 0.952. The van der Waals surface area contributed by atoms with E-state index in [1.807, 2.05) is 0 Å². The van der Waals surface area contributed by atoms with Gasteiger partial charge in [-0.15, -0.1) is 0 Å². The number of carbonyl (C=O) groups is 1. The minimum absolute atomic E-state index is 0.139. The van der Waals surface area contributed by atoms with E-state index in [1.54, 1.807) is 30.3 Å². The molecule has 0 aliphatic rings. The highest BCUT2D eigenvalue weighted by molar-refractivity contribution is 7.74. The number of carbonyl (C=O) groups excluding carboxylic acids is 1. The number of rotatable bonds is 4. The lowest BCUT2D eigenvalue weighted by molar-refractivity contribution is 0.0475. The monoisotopic (exact) mass is 242 g/mol. The molecule has 0 aliphatic carbocycles. The molecule has 0 atom stereocenters. The summed E-state index contributed by atoms with van der Waals surface area (Å²) in [5.41, 5.74) is 0.416. The first-order chi connectivity index (χ1) is 7.43. The van der Waals surface area contributed by atoms with Crippen molar-refractivity contribution < 1.29 is 17.9 Å². The first-order valence-corrected chi connectivity index (χ1v) is 5.98. The molecule has 0 unspecified atom stereocenters. The third kappa shape index (κ3) is 3.34. The van der Waals surface area contributed by atoms with Gasteiger partial charge in [0.05, 0.1) is 10.3 Å². The minimum atomic E-state index is -2.62. The Morgan fingerprint density at radius 1 is 1.25 bits per heavy atom. The molecule has 0 spiro atoms. The van der Waals surface area contributed by atoms with Gasteiger partial charge >= 0.3 is 5.97 Å². The van der Waals surface area contributed by atoms with Crippen LogP contribution in [0.3, 0.4) is 0 Å². The SMILES string of the molecule is CC(C)(COC(=O)c1ccccc1)[SH](=O)=O. The maximum absolute atomic E-state index is 11.5. The highest BCUT2D eigenvalue weighted by atomic mass is 32.2. The number of benzene rings is 1. The zero-order valence-corrected chi connectivity index (χ0v) is 10.1. The molecule has 0 bridgehead atoms. The maximum atomic E-state index is 11.5. The van der Waals surface area contributed by atoms with E-state index < -0.39 is 21.4 Å². The van der Waals surface area contributed by atoms with Crippen molar-refractivity contribution in [2.24, 2.45) is 0 Å². The summed E-state index contributed by atoms with van der Waals surface area (Å²) >= 11 is 0. The Balaban J connectivity index is 2.61. The lowest BCUT2D eigenvalue weighted by Crippen LogP contribution is -2.30.